The van der Waals surface area contributed by atoms with Gasteiger partial charge in [-0.05, 0) is 42.0 Å². The minimum atomic E-state index is -0.287. The summed E-state index contributed by atoms with van der Waals surface area (Å²) in [7, 11) is 0. The molecule has 1 heterocycles. The topological polar surface area (TPSA) is 25.8 Å². The smallest absolute Gasteiger partial charge is 0.135 e. The van der Waals surface area contributed by atoms with Crippen LogP contribution in [-0.2, 0) is 6.42 Å². The lowest BCUT2D eigenvalue weighted by atomic mass is 10.1. The monoisotopic (exact) mass is 332 g/mol. The van der Waals surface area contributed by atoms with Gasteiger partial charge < -0.3 is 0 Å². The number of benzene rings is 2. The number of halogens is 3. The van der Waals surface area contributed by atoms with E-state index in [9.17, 15) is 4.39 Å². The van der Waals surface area contributed by atoms with Crippen molar-refractivity contribution in [2.45, 2.75) is 6.42 Å². The second-order valence-corrected chi connectivity index (χ2v) is 5.63. The third kappa shape index (κ3) is 3.62. The highest BCUT2D eigenvalue weighted by Crippen LogP contribution is 2.21. The predicted molar refractivity (Wildman–Crippen MR) is 86.7 cm³/mol. The lowest BCUT2D eigenvalue weighted by molar-refractivity contribution is 0.628. The second-order valence-electron chi connectivity index (χ2n) is 4.80. The number of hydrogen-bond acceptors (Lipinski definition) is 2. The fourth-order valence-electron chi connectivity index (χ4n) is 2.10. The number of hydrogen-bond donors (Lipinski definition) is 0. The summed E-state index contributed by atoms with van der Waals surface area (Å²) >= 11 is 12.0. The van der Waals surface area contributed by atoms with Gasteiger partial charge in [0.15, 0.2) is 0 Å². The van der Waals surface area contributed by atoms with Crippen molar-refractivity contribution in [3.05, 3.63) is 82.0 Å². The van der Waals surface area contributed by atoms with Crippen molar-refractivity contribution < 1.29 is 4.39 Å². The van der Waals surface area contributed by atoms with E-state index in [2.05, 4.69) is 9.97 Å². The predicted octanol–water partition coefficient (Wildman–Crippen LogP) is 5.18. The molecule has 22 heavy (non-hydrogen) atoms. The Morgan fingerprint density at radius 3 is 2.23 bits per heavy atom. The molecule has 0 aliphatic rings. The highest BCUT2D eigenvalue weighted by atomic mass is 35.5. The molecule has 0 amide bonds. The highest BCUT2D eigenvalue weighted by molar-refractivity contribution is 6.30. The Balaban J connectivity index is 1.92. The zero-order valence-corrected chi connectivity index (χ0v) is 12.9. The van der Waals surface area contributed by atoms with Gasteiger partial charge in [0.2, 0.25) is 0 Å². The maximum atomic E-state index is 13.0. The first kappa shape index (κ1) is 14.9. The number of nitrogens with zero attached hydrogens (tertiary/aromatic N) is 2. The van der Waals surface area contributed by atoms with E-state index in [1.807, 2.05) is 24.3 Å². The van der Waals surface area contributed by atoms with E-state index >= 15 is 0 Å². The van der Waals surface area contributed by atoms with E-state index in [4.69, 9.17) is 23.2 Å². The van der Waals surface area contributed by atoms with Crippen LogP contribution in [0, 0.1) is 5.82 Å². The van der Waals surface area contributed by atoms with Gasteiger partial charge >= 0.3 is 0 Å². The molecule has 110 valence electrons. The first-order valence-electron chi connectivity index (χ1n) is 6.64. The summed E-state index contributed by atoms with van der Waals surface area (Å²) in [4.78, 5) is 8.74. The molecule has 0 aliphatic carbocycles. The second kappa shape index (κ2) is 6.42. The van der Waals surface area contributed by atoms with Crippen LogP contribution >= 0.6 is 23.2 Å². The van der Waals surface area contributed by atoms with Crippen molar-refractivity contribution in [3.63, 3.8) is 0 Å². The Hall–Kier alpha value is -1.97. The van der Waals surface area contributed by atoms with E-state index in [1.165, 1.54) is 12.1 Å². The molecule has 0 unspecified atom stereocenters. The fourth-order valence-corrected chi connectivity index (χ4v) is 2.42. The van der Waals surface area contributed by atoms with Crippen LogP contribution in [0.3, 0.4) is 0 Å². The highest BCUT2D eigenvalue weighted by Gasteiger charge is 2.07. The summed E-state index contributed by atoms with van der Waals surface area (Å²) in [6.45, 7) is 0. The summed E-state index contributed by atoms with van der Waals surface area (Å²) in [6.07, 6.45) is 0.548. The summed E-state index contributed by atoms with van der Waals surface area (Å²) in [6, 6.07) is 15.3. The van der Waals surface area contributed by atoms with E-state index in [-0.39, 0.29) is 5.82 Å². The van der Waals surface area contributed by atoms with Crippen molar-refractivity contribution in [1.29, 1.82) is 0 Å². The van der Waals surface area contributed by atoms with Crippen molar-refractivity contribution >= 4 is 23.2 Å². The molecule has 0 radical (unpaired) electrons. The molecule has 0 fully saturated rings. The third-order valence-corrected chi connectivity index (χ3v) is 3.60. The van der Waals surface area contributed by atoms with Gasteiger partial charge in [-0.3, -0.25) is 0 Å². The zero-order chi connectivity index (χ0) is 15.5. The lowest BCUT2D eigenvalue weighted by Crippen LogP contribution is -1.99. The summed E-state index contributed by atoms with van der Waals surface area (Å²) in [5.74, 6) is 0.319. The summed E-state index contributed by atoms with van der Waals surface area (Å²) in [5.41, 5.74) is 2.50. The molecule has 1 aromatic heterocycles. The third-order valence-electron chi connectivity index (χ3n) is 3.16. The van der Waals surface area contributed by atoms with Crippen LogP contribution in [-0.4, -0.2) is 9.97 Å². The van der Waals surface area contributed by atoms with E-state index in [0.717, 1.165) is 11.1 Å². The molecule has 0 spiro atoms. The van der Waals surface area contributed by atoms with Crippen molar-refractivity contribution in [2.24, 2.45) is 0 Å². The lowest BCUT2D eigenvalue weighted by Gasteiger charge is -2.06. The van der Waals surface area contributed by atoms with Crippen molar-refractivity contribution in [2.75, 3.05) is 0 Å². The van der Waals surface area contributed by atoms with Gasteiger partial charge in [0.05, 0.1) is 5.69 Å². The number of aromatic nitrogens is 2. The summed E-state index contributed by atoms with van der Waals surface area (Å²) < 4.78 is 13.0. The Kier molecular flexibility index (Phi) is 4.36. The van der Waals surface area contributed by atoms with Gasteiger partial charge in [-0.25, -0.2) is 14.4 Å². The molecule has 0 aliphatic heterocycles. The molecule has 0 atom stereocenters. The molecular weight excluding hydrogens is 322 g/mol. The maximum absolute atomic E-state index is 13.0. The van der Waals surface area contributed by atoms with Crippen molar-refractivity contribution in [1.82, 2.24) is 9.97 Å². The Labute approximate surface area is 137 Å². The van der Waals surface area contributed by atoms with Gasteiger partial charge in [0.25, 0.3) is 0 Å². The molecule has 3 rings (SSSR count). The van der Waals surface area contributed by atoms with E-state index in [0.29, 0.717) is 28.1 Å². The molecule has 3 aromatic rings. The molecule has 5 heteroatoms. The zero-order valence-electron chi connectivity index (χ0n) is 11.4. The van der Waals surface area contributed by atoms with Gasteiger partial charge in [-0.15, -0.1) is 0 Å². The van der Waals surface area contributed by atoms with Crippen molar-refractivity contribution in [3.8, 4) is 11.3 Å². The minimum absolute atomic E-state index is 0.287. The molecule has 0 N–H and O–H groups in total. The SMILES string of the molecule is Fc1ccc(-c2cc(Cl)nc(Cc3ccc(Cl)cc3)n2)cc1. The van der Waals surface area contributed by atoms with Gasteiger partial charge in [-0.1, -0.05) is 35.3 Å². The standard InChI is InChI=1S/C17H11Cl2FN2/c18-13-5-1-11(2-6-13)9-17-21-15(10-16(19)22-17)12-3-7-14(20)8-4-12/h1-8,10H,9H2. The van der Waals surface area contributed by atoms with Gasteiger partial charge in [0.1, 0.15) is 16.8 Å². The van der Waals surface area contributed by atoms with E-state index < -0.39 is 0 Å². The Morgan fingerprint density at radius 1 is 0.864 bits per heavy atom. The molecule has 0 saturated heterocycles. The quantitative estimate of drug-likeness (QED) is 0.617. The first-order valence-corrected chi connectivity index (χ1v) is 7.39. The minimum Gasteiger partial charge on any atom is -0.232 e. The van der Waals surface area contributed by atoms with Crippen LogP contribution in [0.5, 0.6) is 0 Å². The fraction of sp³-hybridized carbons (Fsp3) is 0.0588. The van der Waals surface area contributed by atoms with Crippen LogP contribution in [0.4, 0.5) is 4.39 Å². The molecule has 0 saturated carbocycles. The Bertz CT molecular complexity index is 787. The number of rotatable bonds is 3. The van der Waals surface area contributed by atoms with Crippen LogP contribution in [0.25, 0.3) is 11.3 Å². The average Bonchev–Trinajstić information content (AvgIpc) is 2.50. The maximum Gasteiger partial charge on any atom is 0.135 e. The Morgan fingerprint density at radius 2 is 1.55 bits per heavy atom. The normalized spacial score (nSPS) is 10.7. The average molecular weight is 333 g/mol. The van der Waals surface area contributed by atoms with Gasteiger partial charge in [0, 0.05) is 23.1 Å². The van der Waals surface area contributed by atoms with E-state index in [1.54, 1.807) is 18.2 Å². The van der Waals surface area contributed by atoms with Gasteiger partial charge in [-0.2, -0.15) is 0 Å². The van der Waals surface area contributed by atoms with Crippen LogP contribution in [0.1, 0.15) is 11.4 Å². The largest absolute Gasteiger partial charge is 0.232 e. The van der Waals surface area contributed by atoms with Crippen LogP contribution in [0.2, 0.25) is 10.2 Å². The summed E-state index contributed by atoms with van der Waals surface area (Å²) in [5, 5.41) is 1.04. The molecule has 0 bridgehead atoms. The molecule has 2 nitrogen and oxygen atoms in total. The molecule has 2 aromatic carbocycles. The first-order chi connectivity index (χ1) is 10.6. The molecular formula is C17H11Cl2FN2. The van der Waals surface area contributed by atoms with Crippen LogP contribution < -0.4 is 0 Å². The van der Waals surface area contributed by atoms with Crippen LogP contribution in [0.15, 0.2) is 54.6 Å².